The number of aliphatic hydroxyl groups is 1. The molecule has 4 nitrogen and oxygen atoms in total. The van der Waals surface area contributed by atoms with Crippen molar-refractivity contribution in [3.63, 3.8) is 0 Å². The average molecular weight is 471 g/mol. The zero-order valence-corrected chi connectivity index (χ0v) is 19.2. The Morgan fingerprint density at radius 3 is 2.61 bits per heavy atom. The van der Waals surface area contributed by atoms with Crippen LogP contribution >= 0.6 is 36.0 Å². The van der Waals surface area contributed by atoms with Gasteiger partial charge in [0.05, 0.1) is 17.7 Å². The van der Waals surface area contributed by atoms with Gasteiger partial charge in [0, 0.05) is 32.7 Å². The van der Waals surface area contributed by atoms with Gasteiger partial charge in [-0.15, -0.1) is 12.6 Å². The average Bonchev–Trinajstić information content (AvgIpc) is 2.78. The number of thiol groups is 1. The van der Waals surface area contributed by atoms with Crippen molar-refractivity contribution in [2.45, 2.75) is 22.4 Å². The molecule has 31 heavy (non-hydrogen) atoms. The molecule has 0 aliphatic heterocycles. The molecule has 0 heterocycles. The lowest BCUT2D eigenvalue weighted by molar-refractivity contribution is 0.291. The van der Waals surface area contributed by atoms with Gasteiger partial charge in [0.1, 0.15) is 12.4 Å². The highest BCUT2D eigenvalue weighted by Crippen LogP contribution is 2.35. The van der Waals surface area contributed by atoms with Crippen molar-refractivity contribution in [2.24, 2.45) is 10.7 Å². The lowest BCUT2D eigenvalue weighted by atomic mass is 10.2. The molecule has 0 bridgehead atoms. The quantitative estimate of drug-likeness (QED) is 0.277. The van der Waals surface area contributed by atoms with E-state index >= 15 is 0 Å². The van der Waals surface area contributed by atoms with Gasteiger partial charge in [0.25, 0.3) is 0 Å². The summed E-state index contributed by atoms with van der Waals surface area (Å²) in [5.74, 6) is 0.816. The summed E-state index contributed by atoms with van der Waals surface area (Å²) in [6.07, 6.45) is 3.02. The lowest BCUT2D eigenvalue weighted by Crippen LogP contribution is -2.25. The Balaban J connectivity index is 1.66. The summed E-state index contributed by atoms with van der Waals surface area (Å²) in [5, 5.41) is 9.50. The van der Waals surface area contributed by atoms with Crippen molar-refractivity contribution in [1.82, 2.24) is 0 Å². The van der Waals surface area contributed by atoms with E-state index in [0.717, 1.165) is 26.7 Å². The maximum absolute atomic E-state index is 8.92. The van der Waals surface area contributed by atoms with Gasteiger partial charge in [0.15, 0.2) is 0 Å². The molecule has 0 aliphatic rings. The molecule has 0 spiro atoms. The van der Waals surface area contributed by atoms with Crippen LogP contribution in [0.5, 0.6) is 5.75 Å². The number of nitrogens with two attached hydrogens (primary N) is 1. The van der Waals surface area contributed by atoms with E-state index in [2.05, 4.69) is 17.6 Å². The number of hydrogen-bond acceptors (Lipinski definition) is 6. The van der Waals surface area contributed by atoms with Crippen LogP contribution in [0.1, 0.15) is 11.1 Å². The molecule has 0 unspecified atom stereocenters. The molecule has 1 atom stereocenters. The zero-order valence-electron chi connectivity index (χ0n) is 16.7. The largest absolute Gasteiger partial charge is 0.489 e. The van der Waals surface area contributed by atoms with Gasteiger partial charge in [-0.3, -0.25) is 4.99 Å². The Hall–Kier alpha value is -2.22. The predicted octanol–water partition coefficient (Wildman–Crippen LogP) is 5.69. The fraction of sp³-hybridized carbons (Fsp3) is 0.125. The van der Waals surface area contributed by atoms with Crippen molar-refractivity contribution in [2.75, 3.05) is 6.61 Å². The number of benzene rings is 3. The second-order valence-electron chi connectivity index (χ2n) is 6.65. The predicted molar refractivity (Wildman–Crippen MR) is 133 cm³/mol. The molecule has 3 aromatic carbocycles. The molecule has 7 heteroatoms. The first-order chi connectivity index (χ1) is 15.0. The lowest BCUT2D eigenvalue weighted by Gasteiger charge is -2.09. The second kappa shape index (κ2) is 12.0. The van der Waals surface area contributed by atoms with Crippen LogP contribution in [0.4, 0.5) is 0 Å². The molecule has 0 saturated carbocycles. The minimum Gasteiger partial charge on any atom is -0.489 e. The van der Waals surface area contributed by atoms with E-state index in [1.54, 1.807) is 18.0 Å². The van der Waals surface area contributed by atoms with Crippen molar-refractivity contribution in [1.29, 1.82) is 0 Å². The van der Waals surface area contributed by atoms with E-state index in [4.69, 9.17) is 27.2 Å². The van der Waals surface area contributed by atoms with Gasteiger partial charge < -0.3 is 15.6 Å². The zero-order chi connectivity index (χ0) is 22.1. The molecule has 3 rings (SSSR count). The molecule has 0 aliphatic carbocycles. The van der Waals surface area contributed by atoms with Crippen molar-refractivity contribution < 1.29 is 9.84 Å². The Morgan fingerprint density at radius 1 is 1.10 bits per heavy atom. The Kier molecular flexibility index (Phi) is 9.06. The third-order valence-electron chi connectivity index (χ3n) is 4.19. The van der Waals surface area contributed by atoms with E-state index in [0.29, 0.717) is 16.5 Å². The van der Waals surface area contributed by atoms with Gasteiger partial charge in [-0.25, -0.2) is 0 Å². The number of nitrogens with zero attached hydrogens (tertiary/aromatic N) is 1. The number of halogens is 1. The summed E-state index contributed by atoms with van der Waals surface area (Å²) in [6, 6.07) is 23.3. The fourth-order valence-corrected chi connectivity index (χ4v) is 4.19. The summed E-state index contributed by atoms with van der Waals surface area (Å²) >= 11 is 12.5. The molecular formula is C24H23ClN2O2S2. The number of hydrogen-bond donors (Lipinski definition) is 3. The van der Waals surface area contributed by atoms with E-state index in [1.807, 2.05) is 72.8 Å². The SMILES string of the molecule is N[C@H](C=N/C=C(\S)c1ccc(Sc2cccc(OCc3ccccc3)c2)cc1Cl)CO. The summed E-state index contributed by atoms with van der Waals surface area (Å²) in [6.45, 7) is 0.364. The minimum absolute atomic E-state index is 0.162. The Morgan fingerprint density at radius 2 is 1.87 bits per heavy atom. The van der Waals surface area contributed by atoms with Crippen LogP contribution in [0.25, 0.3) is 4.91 Å². The van der Waals surface area contributed by atoms with E-state index in [1.165, 1.54) is 6.21 Å². The van der Waals surface area contributed by atoms with Gasteiger partial charge in [-0.1, -0.05) is 65.8 Å². The summed E-state index contributed by atoms with van der Waals surface area (Å²) in [4.78, 5) is 6.74. The summed E-state index contributed by atoms with van der Waals surface area (Å²) in [7, 11) is 0. The van der Waals surface area contributed by atoms with E-state index in [-0.39, 0.29) is 6.61 Å². The molecule has 160 valence electrons. The van der Waals surface area contributed by atoms with Crippen molar-refractivity contribution >= 4 is 47.1 Å². The maximum atomic E-state index is 8.92. The molecule has 0 radical (unpaired) electrons. The maximum Gasteiger partial charge on any atom is 0.120 e. The highest BCUT2D eigenvalue weighted by Gasteiger charge is 2.07. The van der Waals surface area contributed by atoms with Crippen molar-refractivity contribution in [3.8, 4) is 5.75 Å². The number of ether oxygens (including phenoxy) is 1. The van der Waals surface area contributed by atoms with Gasteiger partial charge in [0.2, 0.25) is 0 Å². The van der Waals surface area contributed by atoms with Crippen molar-refractivity contribution in [3.05, 3.63) is 95.1 Å². The molecule has 3 aromatic rings. The normalized spacial score (nSPS) is 12.8. The van der Waals surface area contributed by atoms with Crippen LogP contribution in [-0.4, -0.2) is 24.0 Å². The summed E-state index contributed by atoms with van der Waals surface area (Å²) in [5.41, 5.74) is 7.48. The smallest absolute Gasteiger partial charge is 0.120 e. The number of rotatable bonds is 9. The number of aliphatic hydroxyl groups excluding tert-OH is 1. The van der Waals surface area contributed by atoms with Gasteiger partial charge >= 0.3 is 0 Å². The molecular weight excluding hydrogens is 448 g/mol. The van der Waals surface area contributed by atoms with Crippen LogP contribution in [0, 0.1) is 0 Å². The highest BCUT2D eigenvalue weighted by atomic mass is 35.5. The highest BCUT2D eigenvalue weighted by molar-refractivity contribution is 7.99. The molecule has 0 saturated heterocycles. The molecule has 0 amide bonds. The number of aliphatic imine (C=N–C) groups is 1. The standard InChI is InChI=1S/C24H23ClN2O2S2/c25-23-12-21(9-10-22(23)24(30)14-27-13-18(26)15-28)31-20-8-4-7-19(11-20)29-16-17-5-2-1-3-6-17/h1-14,18,28,30H,15-16,26H2/b24-14-,27-13?/t18-/m1/s1. The first-order valence-electron chi connectivity index (χ1n) is 9.58. The molecule has 0 fully saturated rings. The van der Waals surface area contributed by atoms with E-state index < -0.39 is 6.04 Å². The van der Waals surface area contributed by atoms with Crippen LogP contribution in [-0.2, 0) is 6.61 Å². The fourth-order valence-electron chi connectivity index (χ4n) is 2.61. The van der Waals surface area contributed by atoms with Crippen LogP contribution in [0.15, 0.2) is 93.8 Å². The summed E-state index contributed by atoms with van der Waals surface area (Å²) < 4.78 is 5.91. The molecule has 3 N–H and O–H groups in total. The first kappa shape index (κ1) is 23.4. The van der Waals surface area contributed by atoms with E-state index in [9.17, 15) is 0 Å². The topological polar surface area (TPSA) is 67.8 Å². The minimum atomic E-state index is -0.501. The second-order valence-corrected chi connectivity index (χ2v) is 8.69. The Labute approximate surface area is 197 Å². The van der Waals surface area contributed by atoms with Gasteiger partial charge in [-0.2, -0.15) is 0 Å². The molecule has 0 aromatic heterocycles. The first-order valence-corrected chi connectivity index (χ1v) is 11.2. The monoisotopic (exact) mass is 470 g/mol. The third kappa shape index (κ3) is 7.45. The van der Waals surface area contributed by atoms with Gasteiger partial charge in [-0.05, 0) is 35.9 Å². The van der Waals surface area contributed by atoms with Crippen LogP contribution < -0.4 is 10.5 Å². The third-order valence-corrected chi connectivity index (χ3v) is 5.84. The Bertz CT molecular complexity index is 1060. The van der Waals surface area contributed by atoms with Crippen LogP contribution in [0.3, 0.4) is 0 Å². The van der Waals surface area contributed by atoms with Crippen LogP contribution in [0.2, 0.25) is 5.02 Å².